The van der Waals surface area contributed by atoms with Gasteiger partial charge in [-0.3, -0.25) is 4.79 Å². The van der Waals surface area contributed by atoms with Gasteiger partial charge >= 0.3 is 6.18 Å². The molecule has 196 valence electrons. The third kappa shape index (κ3) is 5.64. The smallest absolute Gasteiger partial charge is 0.360 e. The van der Waals surface area contributed by atoms with Crippen molar-refractivity contribution in [3.05, 3.63) is 54.9 Å². The molecule has 3 aromatic rings. The summed E-state index contributed by atoms with van der Waals surface area (Å²) in [5.74, 6) is 0.593. The number of para-hydroxylation sites is 1. The summed E-state index contributed by atoms with van der Waals surface area (Å²) in [5, 5.41) is 7.62. The van der Waals surface area contributed by atoms with Gasteiger partial charge < -0.3 is 20.5 Å². The van der Waals surface area contributed by atoms with Crippen molar-refractivity contribution in [1.82, 2.24) is 25.2 Å². The highest BCUT2D eigenvalue weighted by atomic mass is 19.4. The molecule has 5 rings (SSSR count). The van der Waals surface area contributed by atoms with Gasteiger partial charge in [-0.2, -0.15) is 13.2 Å². The number of halogens is 3. The number of fused-ring (bicyclic) bond motifs is 1. The van der Waals surface area contributed by atoms with Crippen LogP contribution in [0.2, 0.25) is 0 Å². The number of likely N-dealkylation sites (tertiary alicyclic amines) is 1. The Kier molecular flexibility index (Phi) is 7.19. The molecule has 37 heavy (non-hydrogen) atoms. The van der Waals surface area contributed by atoms with Crippen molar-refractivity contribution in [2.24, 2.45) is 5.92 Å². The highest BCUT2D eigenvalue weighted by Gasteiger charge is 2.36. The predicted octanol–water partition coefficient (Wildman–Crippen LogP) is 4.99. The summed E-state index contributed by atoms with van der Waals surface area (Å²) in [4.78, 5) is 25.1. The topological polar surface area (TPSA) is 85.9 Å². The van der Waals surface area contributed by atoms with Gasteiger partial charge in [-0.1, -0.05) is 24.8 Å². The number of carbonyl (C=O) groups excluding carboxylic acids is 1. The fourth-order valence-corrected chi connectivity index (χ4v) is 5.48. The van der Waals surface area contributed by atoms with Crippen LogP contribution in [0.3, 0.4) is 0 Å². The molecule has 0 spiro atoms. The molecule has 1 aliphatic carbocycles. The van der Waals surface area contributed by atoms with Crippen LogP contribution in [-0.2, 0) is 11.0 Å². The third-order valence-corrected chi connectivity index (χ3v) is 7.41. The van der Waals surface area contributed by atoms with Crippen molar-refractivity contribution < 1.29 is 18.0 Å². The van der Waals surface area contributed by atoms with E-state index in [0.717, 1.165) is 63.5 Å². The number of H-pyrrole nitrogens is 1. The number of anilines is 1. The maximum Gasteiger partial charge on any atom is 0.419 e. The van der Waals surface area contributed by atoms with E-state index in [9.17, 15) is 18.0 Å². The molecule has 2 aliphatic rings. The van der Waals surface area contributed by atoms with Crippen LogP contribution >= 0.6 is 0 Å². The quantitative estimate of drug-likeness (QED) is 0.389. The summed E-state index contributed by atoms with van der Waals surface area (Å²) in [6.07, 6.45) is 3.97. The first-order chi connectivity index (χ1) is 17.8. The zero-order chi connectivity index (χ0) is 26.0. The van der Waals surface area contributed by atoms with E-state index < -0.39 is 11.7 Å². The zero-order valence-electron chi connectivity index (χ0n) is 20.5. The number of rotatable bonds is 7. The van der Waals surface area contributed by atoms with E-state index >= 15 is 0 Å². The Morgan fingerprint density at radius 1 is 1.22 bits per heavy atom. The molecule has 3 N–H and O–H groups in total. The predicted molar refractivity (Wildman–Crippen MR) is 137 cm³/mol. The normalized spacial score (nSPS) is 22.4. The number of aromatic nitrogens is 3. The van der Waals surface area contributed by atoms with E-state index in [1.165, 1.54) is 6.08 Å². The molecule has 2 fully saturated rings. The number of hydrogen-bond donors (Lipinski definition) is 3. The van der Waals surface area contributed by atoms with Gasteiger partial charge in [0.2, 0.25) is 11.9 Å². The fourth-order valence-electron chi connectivity index (χ4n) is 5.48. The summed E-state index contributed by atoms with van der Waals surface area (Å²) in [5.41, 5.74) is 0.163. The van der Waals surface area contributed by atoms with E-state index in [0.29, 0.717) is 16.9 Å². The molecule has 2 aromatic heterocycles. The number of benzene rings is 1. The van der Waals surface area contributed by atoms with Crippen molar-refractivity contribution >= 4 is 22.8 Å². The number of nitrogens with zero attached hydrogens (tertiary/aromatic N) is 3. The van der Waals surface area contributed by atoms with E-state index in [1.54, 1.807) is 18.3 Å². The second-order valence-corrected chi connectivity index (χ2v) is 9.96. The molecule has 0 radical (unpaired) electrons. The molecule has 1 aliphatic heterocycles. The molecule has 0 bridgehead atoms. The van der Waals surface area contributed by atoms with Gasteiger partial charge in [0.15, 0.2) is 0 Å². The van der Waals surface area contributed by atoms with Crippen molar-refractivity contribution in [3.8, 4) is 11.3 Å². The van der Waals surface area contributed by atoms with Crippen molar-refractivity contribution in [2.75, 3.05) is 25.0 Å². The van der Waals surface area contributed by atoms with Gasteiger partial charge in [-0.15, -0.1) is 0 Å². The lowest BCUT2D eigenvalue weighted by Gasteiger charge is -2.31. The van der Waals surface area contributed by atoms with Crippen LogP contribution in [0.25, 0.3) is 22.2 Å². The van der Waals surface area contributed by atoms with Crippen LogP contribution in [0, 0.1) is 5.92 Å². The molecule has 10 heteroatoms. The molecule has 7 nitrogen and oxygen atoms in total. The minimum atomic E-state index is -4.57. The van der Waals surface area contributed by atoms with Crippen LogP contribution in [0.5, 0.6) is 0 Å². The number of amides is 1. The minimum absolute atomic E-state index is 0.0204. The van der Waals surface area contributed by atoms with Crippen LogP contribution in [0.4, 0.5) is 19.1 Å². The largest absolute Gasteiger partial charge is 0.419 e. The Hall–Kier alpha value is -3.40. The molecular weight excluding hydrogens is 481 g/mol. The Bertz CT molecular complexity index is 1270. The molecule has 3 heterocycles. The first-order valence-corrected chi connectivity index (χ1v) is 12.7. The average molecular weight is 513 g/mol. The van der Waals surface area contributed by atoms with Gasteiger partial charge in [0.05, 0.1) is 5.69 Å². The van der Waals surface area contributed by atoms with Gasteiger partial charge in [-0.25, -0.2) is 9.97 Å². The standard InChI is InChI=1S/C27H31F3N6O/c1-2-24(37)36-11-10-17(16-36)13-31-18-6-5-7-19(12-18)34-26-33-15-22(27(28,29)30)25(35-26)21-14-32-23-9-4-3-8-20(21)23/h2-4,8-9,14-15,17-19,31-32H,1,5-7,10-13,16H2,(H,33,34,35)/t17?,18-,19+/m0/s1. The van der Waals surface area contributed by atoms with Crippen molar-refractivity contribution in [1.29, 1.82) is 0 Å². The van der Waals surface area contributed by atoms with Crippen LogP contribution in [-0.4, -0.2) is 57.5 Å². The van der Waals surface area contributed by atoms with Crippen LogP contribution in [0.15, 0.2) is 49.3 Å². The lowest BCUT2D eigenvalue weighted by molar-refractivity contribution is -0.137. The molecule has 1 amide bonds. The minimum Gasteiger partial charge on any atom is -0.360 e. The highest BCUT2D eigenvalue weighted by Crippen LogP contribution is 2.38. The summed E-state index contributed by atoms with van der Waals surface area (Å²) in [6.45, 7) is 5.89. The number of nitrogens with one attached hydrogen (secondary N) is 3. The lowest BCUT2D eigenvalue weighted by Crippen LogP contribution is -2.41. The highest BCUT2D eigenvalue weighted by molar-refractivity contribution is 5.95. The maximum atomic E-state index is 13.8. The Balaban J connectivity index is 1.27. The number of alkyl halides is 3. The number of hydrogen-bond acceptors (Lipinski definition) is 5. The van der Waals surface area contributed by atoms with Crippen LogP contribution in [0.1, 0.15) is 37.7 Å². The molecule has 1 saturated carbocycles. The van der Waals surface area contributed by atoms with Crippen molar-refractivity contribution in [2.45, 2.75) is 50.4 Å². The first-order valence-electron chi connectivity index (χ1n) is 12.7. The van der Waals surface area contributed by atoms with Gasteiger partial charge in [0.1, 0.15) is 5.56 Å². The van der Waals surface area contributed by atoms with E-state index in [-0.39, 0.29) is 29.6 Å². The maximum absolute atomic E-state index is 13.8. The lowest BCUT2D eigenvalue weighted by atomic mass is 9.90. The Labute approximate surface area is 213 Å². The number of carbonyl (C=O) groups is 1. The molecule has 1 saturated heterocycles. The summed E-state index contributed by atoms with van der Waals surface area (Å²) < 4.78 is 41.5. The SMILES string of the molecule is C=CC(=O)N1CCC(CN[C@H]2CCC[C@@H](Nc3ncc(C(F)(F)F)c(-c4c[nH]c5ccccc45)n3)C2)C1. The van der Waals surface area contributed by atoms with Gasteiger partial charge in [0.25, 0.3) is 0 Å². The second kappa shape index (κ2) is 10.5. The Morgan fingerprint density at radius 2 is 2.03 bits per heavy atom. The van der Waals surface area contributed by atoms with E-state index in [2.05, 4.69) is 32.2 Å². The van der Waals surface area contributed by atoms with Crippen LogP contribution < -0.4 is 10.6 Å². The Morgan fingerprint density at radius 3 is 2.84 bits per heavy atom. The molecule has 1 unspecified atom stereocenters. The van der Waals surface area contributed by atoms with E-state index in [1.807, 2.05) is 17.0 Å². The summed E-state index contributed by atoms with van der Waals surface area (Å²) >= 11 is 0. The third-order valence-electron chi connectivity index (χ3n) is 7.41. The second-order valence-electron chi connectivity index (χ2n) is 9.96. The zero-order valence-corrected chi connectivity index (χ0v) is 20.5. The summed E-state index contributed by atoms with van der Waals surface area (Å²) in [7, 11) is 0. The summed E-state index contributed by atoms with van der Waals surface area (Å²) in [6, 6.07) is 7.58. The van der Waals surface area contributed by atoms with Crippen molar-refractivity contribution in [3.63, 3.8) is 0 Å². The van der Waals surface area contributed by atoms with Gasteiger partial charge in [-0.05, 0) is 56.7 Å². The monoisotopic (exact) mass is 512 g/mol. The molecular formula is C27H31F3N6O. The first kappa shape index (κ1) is 25.3. The average Bonchev–Trinajstić information content (AvgIpc) is 3.54. The van der Waals surface area contributed by atoms with E-state index in [4.69, 9.17) is 0 Å². The van der Waals surface area contributed by atoms with Gasteiger partial charge in [0, 0.05) is 54.0 Å². The number of aromatic amines is 1. The fraction of sp³-hybridized carbons (Fsp3) is 0.444. The molecule has 1 aromatic carbocycles. The molecule has 3 atom stereocenters.